The lowest BCUT2D eigenvalue weighted by atomic mass is 10.1. The van der Waals surface area contributed by atoms with Crippen LogP contribution in [0, 0.1) is 5.82 Å². The molecular weight excluding hydrogens is 212 g/mol. The van der Waals surface area contributed by atoms with Crippen LogP contribution in [-0.4, -0.2) is 12.5 Å². The van der Waals surface area contributed by atoms with Gasteiger partial charge >= 0.3 is 6.18 Å². The van der Waals surface area contributed by atoms with E-state index < -0.39 is 17.6 Å². The van der Waals surface area contributed by atoms with E-state index in [4.69, 9.17) is 0 Å². The summed E-state index contributed by atoms with van der Waals surface area (Å²) in [5, 5.41) is 0. The minimum atomic E-state index is -4.71. The van der Waals surface area contributed by atoms with Crippen molar-refractivity contribution in [3.63, 3.8) is 0 Å². The van der Waals surface area contributed by atoms with E-state index in [1.165, 1.54) is 12.1 Å². The monoisotopic (exact) mass is 218 g/mol. The Hall–Kier alpha value is -1.65. The summed E-state index contributed by atoms with van der Waals surface area (Å²) in [4.78, 5) is 10.2. The Morgan fingerprint density at radius 2 is 1.93 bits per heavy atom. The van der Waals surface area contributed by atoms with Crippen LogP contribution in [0.5, 0.6) is 0 Å². The van der Waals surface area contributed by atoms with Crippen LogP contribution in [0.4, 0.5) is 17.6 Å². The highest BCUT2D eigenvalue weighted by Gasteiger charge is 2.33. The van der Waals surface area contributed by atoms with Crippen LogP contribution in [0.2, 0.25) is 0 Å². The minimum Gasteiger partial charge on any atom is -0.298 e. The molecule has 0 saturated carbocycles. The molecule has 0 atom stereocenters. The molecule has 80 valence electrons. The molecule has 0 bridgehead atoms. The van der Waals surface area contributed by atoms with Crippen molar-refractivity contribution < 1.29 is 22.4 Å². The fraction of sp³-hybridized carbons (Fsp3) is 0.100. The fourth-order valence-electron chi connectivity index (χ4n) is 0.959. The molecule has 0 aliphatic heterocycles. The Balaban J connectivity index is 3.09. The van der Waals surface area contributed by atoms with Crippen molar-refractivity contribution in [3.8, 4) is 0 Å². The minimum absolute atomic E-state index is 0.00516. The van der Waals surface area contributed by atoms with Gasteiger partial charge in [-0.15, -0.1) is 0 Å². The maximum Gasteiger partial charge on any atom is 0.419 e. The van der Waals surface area contributed by atoms with Crippen LogP contribution in [0.25, 0.3) is 6.08 Å². The number of rotatable bonds is 2. The summed E-state index contributed by atoms with van der Waals surface area (Å²) in [6, 6.07) is 4.55. The number of alkyl halides is 3. The van der Waals surface area contributed by atoms with Gasteiger partial charge in [0.2, 0.25) is 0 Å². The van der Waals surface area contributed by atoms with Gasteiger partial charge < -0.3 is 0 Å². The SMILES string of the molecule is O=C/C(=C/c1cccc(F)c1)C(F)(F)F. The molecule has 0 amide bonds. The van der Waals surface area contributed by atoms with Crippen LogP contribution in [0.15, 0.2) is 29.8 Å². The summed E-state index contributed by atoms with van der Waals surface area (Å²) in [7, 11) is 0. The lowest BCUT2D eigenvalue weighted by Crippen LogP contribution is -2.12. The summed E-state index contributed by atoms with van der Waals surface area (Å²) >= 11 is 0. The topological polar surface area (TPSA) is 17.1 Å². The molecule has 1 nitrogen and oxygen atoms in total. The number of benzene rings is 1. The van der Waals surface area contributed by atoms with Crippen molar-refractivity contribution in [2.45, 2.75) is 6.18 Å². The molecule has 0 unspecified atom stereocenters. The van der Waals surface area contributed by atoms with Crippen LogP contribution >= 0.6 is 0 Å². The molecule has 0 heterocycles. The zero-order valence-corrected chi connectivity index (χ0v) is 7.38. The second-order valence-electron chi connectivity index (χ2n) is 2.77. The van der Waals surface area contributed by atoms with E-state index in [2.05, 4.69) is 0 Å². The third-order valence-electron chi connectivity index (χ3n) is 1.63. The van der Waals surface area contributed by atoms with Crippen molar-refractivity contribution in [1.82, 2.24) is 0 Å². The number of aldehydes is 1. The van der Waals surface area contributed by atoms with Crippen molar-refractivity contribution in [2.75, 3.05) is 0 Å². The lowest BCUT2D eigenvalue weighted by Gasteiger charge is -2.04. The molecule has 0 radical (unpaired) electrons. The molecule has 0 aliphatic carbocycles. The van der Waals surface area contributed by atoms with Crippen LogP contribution < -0.4 is 0 Å². The van der Waals surface area contributed by atoms with Gasteiger partial charge in [0.15, 0.2) is 6.29 Å². The summed E-state index contributed by atoms with van der Waals surface area (Å²) in [6.07, 6.45) is -4.42. The van der Waals surface area contributed by atoms with Crippen LogP contribution in [-0.2, 0) is 4.79 Å². The van der Waals surface area contributed by atoms with Gasteiger partial charge in [-0.1, -0.05) is 12.1 Å². The number of allylic oxidation sites excluding steroid dienone is 1. The van der Waals surface area contributed by atoms with E-state index in [-0.39, 0.29) is 11.8 Å². The van der Waals surface area contributed by atoms with E-state index in [1.54, 1.807) is 0 Å². The van der Waals surface area contributed by atoms with E-state index in [0.717, 1.165) is 12.1 Å². The van der Waals surface area contributed by atoms with Gasteiger partial charge in [-0.25, -0.2) is 4.39 Å². The van der Waals surface area contributed by atoms with Gasteiger partial charge in [0.25, 0.3) is 0 Å². The first-order valence-corrected chi connectivity index (χ1v) is 3.93. The quantitative estimate of drug-likeness (QED) is 0.423. The molecule has 0 aromatic heterocycles. The molecule has 0 N–H and O–H groups in total. The Bertz CT molecular complexity index is 393. The van der Waals surface area contributed by atoms with E-state index in [0.29, 0.717) is 6.08 Å². The molecule has 1 rings (SSSR count). The summed E-state index contributed by atoms with van der Waals surface area (Å²) in [5.74, 6) is -0.656. The number of carbonyl (C=O) groups excluding carboxylic acids is 1. The normalized spacial score (nSPS) is 12.7. The highest BCUT2D eigenvalue weighted by atomic mass is 19.4. The molecule has 0 aliphatic rings. The number of carbonyl (C=O) groups is 1. The zero-order valence-electron chi connectivity index (χ0n) is 7.38. The van der Waals surface area contributed by atoms with E-state index >= 15 is 0 Å². The first kappa shape index (κ1) is 11.4. The first-order valence-electron chi connectivity index (χ1n) is 3.93. The highest BCUT2D eigenvalue weighted by molar-refractivity contribution is 5.83. The third-order valence-corrected chi connectivity index (χ3v) is 1.63. The molecule has 5 heteroatoms. The highest BCUT2D eigenvalue weighted by Crippen LogP contribution is 2.25. The first-order chi connectivity index (χ1) is 6.93. The van der Waals surface area contributed by atoms with Crippen molar-refractivity contribution >= 4 is 12.4 Å². The smallest absolute Gasteiger partial charge is 0.298 e. The largest absolute Gasteiger partial charge is 0.419 e. The van der Waals surface area contributed by atoms with E-state index in [9.17, 15) is 22.4 Å². The molecule has 1 aromatic rings. The Labute approximate surface area is 83.0 Å². The Morgan fingerprint density at radius 3 is 2.40 bits per heavy atom. The maximum atomic E-state index is 12.6. The zero-order chi connectivity index (χ0) is 11.5. The van der Waals surface area contributed by atoms with E-state index in [1.807, 2.05) is 0 Å². The number of hydrogen-bond acceptors (Lipinski definition) is 1. The van der Waals surface area contributed by atoms with Gasteiger partial charge in [0, 0.05) is 0 Å². The predicted molar refractivity (Wildman–Crippen MR) is 46.5 cm³/mol. The fourth-order valence-corrected chi connectivity index (χ4v) is 0.959. The van der Waals surface area contributed by atoms with Gasteiger partial charge in [0.05, 0.1) is 5.57 Å². The maximum absolute atomic E-state index is 12.6. The van der Waals surface area contributed by atoms with Crippen molar-refractivity contribution in [2.24, 2.45) is 0 Å². The molecule has 0 fully saturated rings. The van der Waals surface area contributed by atoms with Gasteiger partial charge in [-0.2, -0.15) is 13.2 Å². The van der Waals surface area contributed by atoms with Crippen molar-refractivity contribution in [1.29, 1.82) is 0 Å². The van der Waals surface area contributed by atoms with Gasteiger partial charge in [-0.05, 0) is 23.8 Å². The second-order valence-corrected chi connectivity index (χ2v) is 2.77. The summed E-state index contributed by atoms with van der Waals surface area (Å²) in [5.41, 5.74) is -1.34. The average molecular weight is 218 g/mol. The molecule has 15 heavy (non-hydrogen) atoms. The third kappa shape index (κ3) is 3.19. The van der Waals surface area contributed by atoms with Gasteiger partial charge in [0.1, 0.15) is 5.82 Å². The average Bonchev–Trinajstić information content (AvgIpc) is 2.12. The van der Waals surface area contributed by atoms with Crippen LogP contribution in [0.1, 0.15) is 5.56 Å². The van der Waals surface area contributed by atoms with Crippen LogP contribution in [0.3, 0.4) is 0 Å². The molecule has 0 spiro atoms. The Kier molecular flexibility index (Phi) is 3.24. The number of hydrogen-bond donors (Lipinski definition) is 0. The lowest BCUT2D eigenvalue weighted by molar-refractivity contribution is -0.118. The number of halogens is 4. The molecule has 0 saturated heterocycles. The van der Waals surface area contributed by atoms with Crippen molar-refractivity contribution in [3.05, 3.63) is 41.2 Å². The summed E-state index contributed by atoms with van der Waals surface area (Å²) < 4.78 is 49.0. The van der Waals surface area contributed by atoms with Gasteiger partial charge in [-0.3, -0.25) is 4.79 Å². The second kappa shape index (κ2) is 4.25. The predicted octanol–water partition coefficient (Wildman–Crippen LogP) is 2.97. The Morgan fingerprint density at radius 1 is 1.27 bits per heavy atom. The summed E-state index contributed by atoms with van der Waals surface area (Å²) in [6.45, 7) is 0. The molecular formula is C10H6F4O. The standard InChI is InChI=1S/C10H6F4O/c11-9-3-1-2-7(5-9)4-8(6-15)10(12,13)14/h1-6H/b8-4-. The molecule has 1 aromatic carbocycles.